The van der Waals surface area contributed by atoms with Crippen molar-refractivity contribution in [3.8, 4) is 0 Å². The highest BCUT2D eigenvalue weighted by atomic mass is 16.5. The third kappa shape index (κ3) is 3.28. The molecule has 0 aliphatic rings. The van der Waals surface area contributed by atoms with Gasteiger partial charge in [0.2, 0.25) is 0 Å². The number of hydrogen-bond acceptors (Lipinski definition) is 4. The van der Waals surface area contributed by atoms with Crippen LogP contribution in [0.1, 0.15) is 15.9 Å². The Morgan fingerprint density at radius 1 is 1.27 bits per heavy atom. The van der Waals surface area contributed by atoms with Crippen LogP contribution in [0.2, 0.25) is 0 Å². The standard InChI is InChI=1S/C9H11N3O3/c10-9(14)15-5-6-1-3-7(4-2-6)8(13)12-11/h1-4H,5,11H2,(H2,10,14)(H,12,13). The molecule has 0 fully saturated rings. The number of hydrazine groups is 1. The molecule has 1 aromatic carbocycles. The molecule has 5 N–H and O–H groups in total. The van der Waals surface area contributed by atoms with Crippen LogP contribution in [0.5, 0.6) is 0 Å². The molecule has 15 heavy (non-hydrogen) atoms. The van der Waals surface area contributed by atoms with Crippen molar-refractivity contribution in [2.75, 3.05) is 0 Å². The summed E-state index contributed by atoms with van der Waals surface area (Å²) in [6, 6.07) is 6.44. The second kappa shape index (κ2) is 4.97. The second-order valence-corrected chi connectivity index (χ2v) is 2.78. The molecule has 0 heterocycles. The van der Waals surface area contributed by atoms with Gasteiger partial charge in [-0.3, -0.25) is 10.2 Å². The minimum Gasteiger partial charge on any atom is -0.445 e. The van der Waals surface area contributed by atoms with Gasteiger partial charge in [-0.05, 0) is 17.7 Å². The lowest BCUT2D eigenvalue weighted by Gasteiger charge is -2.03. The zero-order valence-electron chi connectivity index (χ0n) is 7.90. The van der Waals surface area contributed by atoms with Gasteiger partial charge in [0.1, 0.15) is 6.61 Å². The predicted molar refractivity (Wildman–Crippen MR) is 52.5 cm³/mol. The highest BCUT2D eigenvalue weighted by Crippen LogP contribution is 2.05. The van der Waals surface area contributed by atoms with Crippen LogP contribution in [0.4, 0.5) is 4.79 Å². The number of nitrogens with two attached hydrogens (primary N) is 2. The fourth-order valence-corrected chi connectivity index (χ4v) is 0.990. The van der Waals surface area contributed by atoms with E-state index in [1.165, 1.54) is 0 Å². The molecule has 0 saturated heterocycles. The van der Waals surface area contributed by atoms with E-state index in [0.29, 0.717) is 5.56 Å². The summed E-state index contributed by atoms with van der Waals surface area (Å²) in [5.74, 6) is 4.58. The summed E-state index contributed by atoms with van der Waals surface area (Å²) in [5.41, 5.74) is 7.97. The number of amides is 2. The SMILES string of the molecule is NNC(=O)c1ccc(COC(N)=O)cc1. The van der Waals surface area contributed by atoms with Crippen molar-refractivity contribution in [1.29, 1.82) is 0 Å². The summed E-state index contributed by atoms with van der Waals surface area (Å²) in [7, 11) is 0. The zero-order valence-corrected chi connectivity index (χ0v) is 7.90. The maximum absolute atomic E-state index is 11.0. The molecule has 1 aromatic rings. The molecule has 80 valence electrons. The van der Waals surface area contributed by atoms with Gasteiger partial charge in [-0.15, -0.1) is 0 Å². The van der Waals surface area contributed by atoms with E-state index in [9.17, 15) is 9.59 Å². The average molecular weight is 209 g/mol. The molecule has 0 bridgehead atoms. The van der Waals surface area contributed by atoms with E-state index in [1.54, 1.807) is 24.3 Å². The Hall–Kier alpha value is -2.08. The van der Waals surface area contributed by atoms with Gasteiger partial charge in [-0.1, -0.05) is 12.1 Å². The van der Waals surface area contributed by atoms with Gasteiger partial charge in [0.15, 0.2) is 0 Å². The Kier molecular flexibility index (Phi) is 3.64. The van der Waals surface area contributed by atoms with Gasteiger partial charge in [0.25, 0.3) is 5.91 Å². The molecule has 2 amide bonds. The van der Waals surface area contributed by atoms with E-state index in [1.807, 2.05) is 5.43 Å². The van der Waals surface area contributed by atoms with E-state index < -0.39 is 6.09 Å². The van der Waals surface area contributed by atoms with Gasteiger partial charge < -0.3 is 10.5 Å². The van der Waals surface area contributed by atoms with Crippen molar-refractivity contribution in [3.05, 3.63) is 35.4 Å². The smallest absolute Gasteiger partial charge is 0.404 e. The lowest BCUT2D eigenvalue weighted by atomic mass is 10.1. The van der Waals surface area contributed by atoms with Gasteiger partial charge in [0.05, 0.1) is 0 Å². The van der Waals surface area contributed by atoms with Crippen LogP contribution >= 0.6 is 0 Å². The van der Waals surface area contributed by atoms with Gasteiger partial charge in [0, 0.05) is 5.56 Å². The fraction of sp³-hybridized carbons (Fsp3) is 0.111. The molecule has 0 aliphatic heterocycles. The molecular weight excluding hydrogens is 198 g/mol. The lowest BCUT2D eigenvalue weighted by Crippen LogP contribution is -2.29. The predicted octanol–water partition coefficient (Wildman–Crippen LogP) is -0.115. The maximum atomic E-state index is 11.0. The summed E-state index contributed by atoms with van der Waals surface area (Å²) in [4.78, 5) is 21.4. The summed E-state index contributed by atoms with van der Waals surface area (Å²) in [6.07, 6.45) is -0.834. The third-order valence-electron chi connectivity index (χ3n) is 1.73. The topological polar surface area (TPSA) is 107 Å². The summed E-state index contributed by atoms with van der Waals surface area (Å²) >= 11 is 0. The van der Waals surface area contributed by atoms with Crippen molar-refractivity contribution >= 4 is 12.0 Å². The second-order valence-electron chi connectivity index (χ2n) is 2.78. The Morgan fingerprint density at radius 3 is 2.33 bits per heavy atom. The summed E-state index contributed by atoms with van der Waals surface area (Å²) < 4.78 is 4.57. The Labute approximate surface area is 86.2 Å². The molecule has 0 aliphatic carbocycles. The lowest BCUT2D eigenvalue weighted by molar-refractivity contribution is 0.0953. The molecular formula is C9H11N3O3. The van der Waals surface area contributed by atoms with Crippen molar-refractivity contribution in [1.82, 2.24) is 5.43 Å². The minimum absolute atomic E-state index is 0.0832. The number of carbonyl (C=O) groups is 2. The molecule has 0 spiro atoms. The molecule has 0 aromatic heterocycles. The number of carbonyl (C=O) groups excluding carboxylic acids is 2. The Bertz CT molecular complexity index is 361. The van der Waals surface area contributed by atoms with E-state index >= 15 is 0 Å². The number of nitrogen functional groups attached to an aromatic ring is 1. The average Bonchev–Trinajstić information content (AvgIpc) is 2.26. The normalized spacial score (nSPS) is 9.40. The first-order valence-electron chi connectivity index (χ1n) is 4.15. The largest absolute Gasteiger partial charge is 0.445 e. The van der Waals surface area contributed by atoms with Crippen LogP contribution < -0.4 is 17.0 Å². The number of benzene rings is 1. The van der Waals surface area contributed by atoms with E-state index in [4.69, 9.17) is 11.6 Å². The molecule has 6 nitrogen and oxygen atoms in total. The van der Waals surface area contributed by atoms with E-state index in [-0.39, 0.29) is 12.5 Å². The van der Waals surface area contributed by atoms with Crippen LogP contribution in [0.15, 0.2) is 24.3 Å². The first kappa shape index (κ1) is 11.0. The van der Waals surface area contributed by atoms with Gasteiger partial charge in [-0.2, -0.15) is 0 Å². The molecule has 0 unspecified atom stereocenters. The van der Waals surface area contributed by atoms with E-state index in [2.05, 4.69) is 4.74 Å². The van der Waals surface area contributed by atoms with Gasteiger partial charge in [-0.25, -0.2) is 10.6 Å². The van der Waals surface area contributed by atoms with Crippen LogP contribution in [0, 0.1) is 0 Å². The maximum Gasteiger partial charge on any atom is 0.404 e. The van der Waals surface area contributed by atoms with E-state index in [0.717, 1.165) is 5.56 Å². The molecule has 6 heteroatoms. The number of nitrogens with one attached hydrogen (secondary N) is 1. The highest BCUT2D eigenvalue weighted by molar-refractivity contribution is 5.93. The highest BCUT2D eigenvalue weighted by Gasteiger charge is 2.03. The van der Waals surface area contributed by atoms with Crippen molar-refractivity contribution in [3.63, 3.8) is 0 Å². The van der Waals surface area contributed by atoms with Crippen LogP contribution in [-0.4, -0.2) is 12.0 Å². The summed E-state index contributed by atoms with van der Waals surface area (Å²) in [6.45, 7) is 0.0832. The third-order valence-corrected chi connectivity index (χ3v) is 1.73. The molecule has 0 atom stereocenters. The summed E-state index contributed by atoms with van der Waals surface area (Å²) in [5, 5.41) is 0. The van der Waals surface area contributed by atoms with Crippen molar-refractivity contribution in [2.24, 2.45) is 11.6 Å². The monoisotopic (exact) mass is 209 g/mol. The zero-order chi connectivity index (χ0) is 11.3. The van der Waals surface area contributed by atoms with Crippen LogP contribution in [0.3, 0.4) is 0 Å². The number of hydrogen-bond donors (Lipinski definition) is 3. The number of ether oxygens (including phenoxy) is 1. The Morgan fingerprint density at radius 2 is 1.87 bits per heavy atom. The first-order chi connectivity index (χ1) is 7.13. The van der Waals surface area contributed by atoms with Crippen molar-refractivity contribution < 1.29 is 14.3 Å². The molecule has 1 rings (SSSR count). The minimum atomic E-state index is -0.834. The van der Waals surface area contributed by atoms with Crippen LogP contribution in [0.25, 0.3) is 0 Å². The number of primary amides is 1. The molecule has 0 radical (unpaired) electrons. The van der Waals surface area contributed by atoms with Crippen molar-refractivity contribution in [2.45, 2.75) is 6.61 Å². The Balaban J connectivity index is 2.64. The van der Waals surface area contributed by atoms with Gasteiger partial charge >= 0.3 is 6.09 Å². The molecule has 0 saturated carbocycles. The number of rotatable bonds is 3. The quantitative estimate of drug-likeness (QED) is 0.366. The fourth-order valence-electron chi connectivity index (χ4n) is 0.990. The van der Waals surface area contributed by atoms with Crippen LogP contribution in [-0.2, 0) is 11.3 Å². The first-order valence-corrected chi connectivity index (χ1v) is 4.15.